The van der Waals surface area contributed by atoms with Gasteiger partial charge in [0.15, 0.2) is 0 Å². The van der Waals surface area contributed by atoms with Crippen LogP contribution in [0.4, 0.5) is 5.69 Å². The third-order valence-electron chi connectivity index (χ3n) is 3.06. The number of carbonyl (C=O) groups excluding carboxylic acids is 1. The summed E-state index contributed by atoms with van der Waals surface area (Å²) in [6.07, 6.45) is 3.35. The van der Waals surface area contributed by atoms with Gasteiger partial charge in [-0.1, -0.05) is 12.1 Å². The van der Waals surface area contributed by atoms with E-state index in [9.17, 15) is 4.79 Å². The van der Waals surface area contributed by atoms with Gasteiger partial charge in [-0.15, -0.1) is 0 Å². The van der Waals surface area contributed by atoms with Crippen LogP contribution in [0, 0.1) is 0 Å². The second-order valence-electron chi connectivity index (χ2n) is 5.35. The van der Waals surface area contributed by atoms with Crippen LogP contribution in [-0.2, 0) is 18.4 Å². The zero-order valence-electron chi connectivity index (χ0n) is 12.6. The summed E-state index contributed by atoms with van der Waals surface area (Å²) in [5.41, 5.74) is 8.52. The van der Waals surface area contributed by atoms with Gasteiger partial charge in [-0.2, -0.15) is 5.10 Å². The van der Waals surface area contributed by atoms with Crippen LogP contribution in [0.25, 0.3) is 0 Å². The first-order valence-corrected chi connectivity index (χ1v) is 6.74. The number of aromatic nitrogens is 2. The summed E-state index contributed by atoms with van der Waals surface area (Å²) in [6, 6.07) is 7.03. The van der Waals surface area contributed by atoms with Crippen LogP contribution >= 0.6 is 0 Å². The zero-order chi connectivity index (χ0) is 15.4. The van der Waals surface area contributed by atoms with E-state index in [0.717, 1.165) is 17.8 Å². The van der Waals surface area contributed by atoms with Crippen LogP contribution < -0.4 is 11.1 Å². The van der Waals surface area contributed by atoms with E-state index in [1.807, 2.05) is 38.4 Å². The molecule has 0 aliphatic heterocycles. The Kier molecular flexibility index (Phi) is 4.72. The molecule has 1 amide bonds. The number of hydrogen-bond acceptors (Lipinski definition) is 4. The fraction of sp³-hybridized carbons (Fsp3) is 0.333. The molecule has 0 aliphatic carbocycles. The van der Waals surface area contributed by atoms with Crippen molar-refractivity contribution in [3.8, 4) is 0 Å². The van der Waals surface area contributed by atoms with Crippen molar-refractivity contribution in [3.63, 3.8) is 0 Å². The van der Waals surface area contributed by atoms with E-state index in [1.54, 1.807) is 24.1 Å². The summed E-state index contributed by atoms with van der Waals surface area (Å²) in [6.45, 7) is 0.818. The normalized spacial score (nSPS) is 12.4. The minimum absolute atomic E-state index is 0.245. The van der Waals surface area contributed by atoms with Gasteiger partial charge in [-0.3, -0.25) is 9.48 Å². The molecule has 0 saturated carbocycles. The monoisotopic (exact) mass is 287 g/mol. The quantitative estimate of drug-likeness (QED) is 0.864. The molecule has 0 aliphatic rings. The van der Waals surface area contributed by atoms with Crippen LogP contribution in [0.3, 0.4) is 0 Å². The van der Waals surface area contributed by atoms with Crippen LogP contribution in [-0.4, -0.2) is 34.7 Å². The predicted molar refractivity (Wildman–Crippen MR) is 82.6 cm³/mol. The maximum atomic E-state index is 12.2. The Morgan fingerprint density at radius 1 is 1.48 bits per heavy atom. The van der Waals surface area contributed by atoms with E-state index in [1.165, 1.54) is 0 Å². The van der Waals surface area contributed by atoms with Crippen molar-refractivity contribution in [1.29, 1.82) is 0 Å². The predicted octanol–water partition coefficient (Wildman–Crippen LogP) is 1.12. The average molecular weight is 287 g/mol. The molecule has 2 rings (SSSR count). The number of rotatable bonds is 5. The highest BCUT2D eigenvalue weighted by Crippen LogP contribution is 2.15. The zero-order valence-corrected chi connectivity index (χ0v) is 12.6. The molecule has 1 unspecified atom stereocenters. The minimum Gasteiger partial charge on any atom is -0.324 e. The highest BCUT2D eigenvalue weighted by molar-refractivity contribution is 5.95. The first-order valence-electron chi connectivity index (χ1n) is 6.74. The highest BCUT2D eigenvalue weighted by Gasteiger charge is 2.17. The average Bonchev–Trinajstić information content (AvgIpc) is 2.84. The fourth-order valence-corrected chi connectivity index (χ4v) is 2.08. The van der Waals surface area contributed by atoms with E-state index in [4.69, 9.17) is 5.73 Å². The molecule has 112 valence electrons. The lowest BCUT2D eigenvalue weighted by atomic mass is 10.1. The second kappa shape index (κ2) is 6.51. The number of nitrogens with zero attached hydrogens (tertiary/aromatic N) is 3. The van der Waals surface area contributed by atoms with Crippen molar-refractivity contribution in [2.75, 3.05) is 19.4 Å². The smallest absolute Gasteiger partial charge is 0.246 e. The standard InChI is InChI=1S/C15H21N5O/c1-19(2)9-11-5-4-6-13(7-11)18-15(21)14(16)12-8-17-20(3)10-12/h4-8,10,14H,9,16H2,1-3H3,(H,18,21). The molecular formula is C15H21N5O. The summed E-state index contributed by atoms with van der Waals surface area (Å²) in [4.78, 5) is 14.2. The van der Waals surface area contributed by atoms with E-state index >= 15 is 0 Å². The molecule has 21 heavy (non-hydrogen) atoms. The van der Waals surface area contributed by atoms with Crippen LogP contribution in [0.1, 0.15) is 17.2 Å². The molecule has 1 heterocycles. The van der Waals surface area contributed by atoms with Gasteiger partial charge in [-0.05, 0) is 31.8 Å². The van der Waals surface area contributed by atoms with E-state index < -0.39 is 6.04 Å². The van der Waals surface area contributed by atoms with Crippen LogP contribution in [0.15, 0.2) is 36.7 Å². The molecule has 0 saturated heterocycles. The molecule has 1 aromatic carbocycles. The van der Waals surface area contributed by atoms with Crippen molar-refractivity contribution in [1.82, 2.24) is 14.7 Å². The Morgan fingerprint density at radius 3 is 2.86 bits per heavy atom. The second-order valence-corrected chi connectivity index (χ2v) is 5.35. The summed E-state index contributed by atoms with van der Waals surface area (Å²) in [5, 5.41) is 6.87. The molecule has 0 bridgehead atoms. The minimum atomic E-state index is -0.726. The van der Waals surface area contributed by atoms with Gasteiger partial charge in [0, 0.05) is 31.0 Å². The van der Waals surface area contributed by atoms with E-state index in [-0.39, 0.29) is 5.91 Å². The van der Waals surface area contributed by atoms with Gasteiger partial charge in [0.2, 0.25) is 5.91 Å². The molecule has 6 heteroatoms. The van der Waals surface area contributed by atoms with Gasteiger partial charge in [-0.25, -0.2) is 0 Å². The van der Waals surface area contributed by atoms with Gasteiger partial charge < -0.3 is 16.0 Å². The van der Waals surface area contributed by atoms with Gasteiger partial charge >= 0.3 is 0 Å². The summed E-state index contributed by atoms with van der Waals surface area (Å²) in [7, 11) is 5.80. The molecule has 2 aromatic rings. The Balaban J connectivity index is 2.05. The molecule has 1 aromatic heterocycles. The Bertz CT molecular complexity index is 620. The number of nitrogens with one attached hydrogen (secondary N) is 1. The summed E-state index contributed by atoms with van der Waals surface area (Å²) < 4.78 is 1.63. The SMILES string of the molecule is CN(C)Cc1cccc(NC(=O)C(N)c2cnn(C)c2)c1. The topological polar surface area (TPSA) is 76.2 Å². The lowest BCUT2D eigenvalue weighted by Gasteiger charge is -2.13. The Hall–Kier alpha value is -2.18. The first kappa shape index (κ1) is 15.2. The lowest BCUT2D eigenvalue weighted by molar-refractivity contribution is -0.117. The van der Waals surface area contributed by atoms with Crippen molar-refractivity contribution < 1.29 is 4.79 Å². The number of anilines is 1. The maximum Gasteiger partial charge on any atom is 0.246 e. The van der Waals surface area contributed by atoms with Crippen molar-refractivity contribution in [3.05, 3.63) is 47.8 Å². The third-order valence-corrected chi connectivity index (χ3v) is 3.06. The summed E-state index contributed by atoms with van der Waals surface area (Å²) in [5.74, 6) is -0.245. The molecular weight excluding hydrogens is 266 g/mol. The number of hydrogen-bond donors (Lipinski definition) is 2. The Labute approximate surface area is 124 Å². The van der Waals surface area contributed by atoms with E-state index in [2.05, 4.69) is 15.3 Å². The number of carbonyl (C=O) groups is 1. The highest BCUT2D eigenvalue weighted by atomic mass is 16.2. The van der Waals surface area contributed by atoms with E-state index in [0.29, 0.717) is 5.56 Å². The Morgan fingerprint density at radius 2 is 2.24 bits per heavy atom. The molecule has 0 fully saturated rings. The van der Waals surface area contributed by atoms with Crippen LogP contribution in [0.2, 0.25) is 0 Å². The fourth-order valence-electron chi connectivity index (χ4n) is 2.08. The van der Waals surface area contributed by atoms with Crippen LogP contribution in [0.5, 0.6) is 0 Å². The molecule has 6 nitrogen and oxygen atoms in total. The largest absolute Gasteiger partial charge is 0.324 e. The number of aryl methyl sites for hydroxylation is 1. The number of benzene rings is 1. The van der Waals surface area contributed by atoms with Gasteiger partial charge in [0.1, 0.15) is 6.04 Å². The number of amides is 1. The molecule has 0 radical (unpaired) electrons. The maximum absolute atomic E-state index is 12.2. The van der Waals surface area contributed by atoms with Crippen molar-refractivity contribution in [2.45, 2.75) is 12.6 Å². The van der Waals surface area contributed by atoms with Crippen molar-refractivity contribution in [2.24, 2.45) is 12.8 Å². The first-order chi connectivity index (χ1) is 9.95. The number of nitrogens with two attached hydrogens (primary N) is 1. The molecule has 3 N–H and O–H groups in total. The lowest BCUT2D eigenvalue weighted by Crippen LogP contribution is -2.27. The molecule has 0 spiro atoms. The third kappa shape index (κ3) is 4.14. The molecule has 1 atom stereocenters. The summed E-state index contributed by atoms with van der Waals surface area (Å²) >= 11 is 0. The van der Waals surface area contributed by atoms with Crippen molar-refractivity contribution >= 4 is 11.6 Å². The van der Waals surface area contributed by atoms with Gasteiger partial charge in [0.25, 0.3) is 0 Å². The van der Waals surface area contributed by atoms with Gasteiger partial charge in [0.05, 0.1) is 6.20 Å².